The van der Waals surface area contributed by atoms with E-state index < -0.39 is 22.8 Å². The molecule has 0 radical (unpaired) electrons. The number of nitro benzene ring substituents is 1. The van der Waals surface area contributed by atoms with Gasteiger partial charge in [-0.05, 0) is 12.1 Å². The minimum absolute atomic E-state index is 0.0110. The van der Waals surface area contributed by atoms with Gasteiger partial charge in [-0.2, -0.15) is 4.90 Å². The molecule has 0 aliphatic carbocycles. The van der Waals surface area contributed by atoms with E-state index in [0.717, 1.165) is 24.3 Å². The number of amides is 3. The van der Waals surface area contributed by atoms with Crippen LogP contribution in [0.25, 0.3) is 0 Å². The first-order chi connectivity index (χ1) is 8.99. The van der Waals surface area contributed by atoms with Crippen molar-refractivity contribution in [2.75, 3.05) is 0 Å². The Balaban J connectivity index is 2.09. The third-order valence-electron chi connectivity index (χ3n) is 2.24. The van der Waals surface area contributed by atoms with Gasteiger partial charge < -0.3 is 4.74 Å². The van der Waals surface area contributed by atoms with Gasteiger partial charge in [0.25, 0.3) is 17.5 Å². The summed E-state index contributed by atoms with van der Waals surface area (Å²) in [6, 6.07) is 4.64. The maximum Gasteiger partial charge on any atom is 0.429 e. The lowest BCUT2D eigenvalue weighted by Crippen LogP contribution is -2.38. The molecule has 0 N–H and O–H groups in total. The fraction of sp³-hybridized carbons (Fsp3) is 0. The van der Waals surface area contributed by atoms with Crippen molar-refractivity contribution in [3.8, 4) is 5.75 Å². The van der Waals surface area contributed by atoms with E-state index in [0.29, 0.717) is 4.90 Å². The minimum atomic E-state index is -1.16. The van der Waals surface area contributed by atoms with Crippen molar-refractivity contribution in [2.24, 2.45) is 0 Å². The molecular formula is C11H6N2O6. The fourth-order valence-electron chi connectivity index (χ4n) is 1.36. The van der Waals surface area contributed by atoms with Crippen LogP contribution < -0.4 is 4.74 Å². The average molecular weight is 262 g/mol. The first-order valence-corrected chi connectivity index (χ1v) is 5.01. The number of ether oxygens (including phenoxy) is 1. The third-order valence-corrected chi connectivity index (χ3v) is 2.24. The van der Waals surface area contributed by atoms with Crippen molar-refractivity contribution in [1.29, 1.82) is 0 Å². The van der Waals surface area contributed by atoms with Crippen LogP contribution in [0.2, 0.25) is 0 Å². The fourth-order valence-corrected chi connectivity index (χ4v) is 1.36. The van der Waals surface area contributed by atoms with Crippen LogP contribution in [0, 0.1) is 10.1 Å². The molecule has 0 bridgehead atoms. The highest BCUT2D eigenvalue weighted by Gasteiger charge is 2.31. The van der Waals surface area contributed by atoms with Gasteiger partial charge in [0.05, 0.1) is 4.92 Å². The molecule has 1 heterocycles. The van der Waals surface area contributed by atoms with E-state index in [4.69, 9.17) is 4.74 Å². The Bertz CT molecular complexity index is 586. The van der Waals surface area contributed by atoms with Crippen molar-refractivity contribution in [2.45, 2.75) is 0 Å². The second-order valence-corrected chi connectivity index (χ2v) is 3.46. The van der Waals surface area contributed by atoms with Gasteiger partial charge in [0.15, 0.2) is 0 Å². The summed E-state index contributed by atoms with van der Waals surface area (Å²) >= 11 is 0. The average Bonchev–Trinajstić information content (AvgIpc) is 2.69. The van der Waals surface area contributed by atoms with Crippen molar-refractivity contribution in [3.05, 3.63) is 46.5 Å². The Morgan fingerprint density at radius 2 is 1.63 bits per heavy atom. The SMILES string of the molecule is O=C1C=CC(=O)N1C(=O)Oc1ccc([N+](=O)[O-])cc1. The Labute approximate surface area is 106 Å². The van der Waals surface area contributed by atoms with Gasteiger partial charge in [0.2, 0.25) is 0 Å². The van der Waals surface area contributed by atoms with Gasteiger partial charge in [0, 0.05) is 24.3 Å². The zero-order chi connectivity index (χ0) is 14.0. The summed E-state index contributed by atoms with van der Waals surface area (Å²) in [5, 5.41) is 10.4. The van der Waals surface area contributed by atoms with E-state index in [1.165, 1.54) is 12.1 Å². The predicted molar refractivity (Wildman–Crippen MR) is 60.1 cm³/mol. The van der Waals surface area contributed by atoms with Crippen molar-refractivity contribution < 1.29 is 24.0 Å². The summed E-state index contributed by atoms with van der Waals surface area (Å²) < 4.78 is 4.76. The van der Waals surface area contributed by atoms with Crippen LogP contribution in [0.3, 0.4) is 0 Å². The van der Waals surface area contributed by atoms with Crippen LogP contribution in [-0.4, -0.2) is 27.7 Å². The molecule has 0 fully saturated rings. The molecule has 1 aromatic rings. The summed E-state index contributed by atoms with van der Waals surface area (Å²) in [5.74, 6) is -1.60. The largest absolute Gasteiger partial charge is 0.429 e. The van der Waals surface area contributed by atoms with Crippen LogP contribution >= 0.6 is 0 Å². The molecule has 1 aromatic carbocycles. The van der Waals surface area contributed by atoms with E-state index in [1.807, 2.05) is 0 Å². The van der Waals surface area contributed by atoms with Gasteiger partial charge in [-0.25, -0.2) is 4.79 Å². The Hall–Kier alpha value is -3.03. The Morgan fingerprint density at radius 1 is 1.11 bits per heavy atom. The zero-order valence-corrected chi connectivity index (χ0v) is 9.31. The Kier molecular flexibility index (Phi) is 3.06. The number of carbonyl (C=O) groups is 3. The molecule has 3 amide bonds. The van der Waals surface area contributed by atoms with Crippen molar-refractivity contribution in [1.82, 2.24) is 4.90 Å². The van der Waals surface area contributed by atoms with Crippen LogP contribution in [0.15, 0.2) is 36.4 Å². The second-order valence-electron chi connectivity index (χ2n) is 3.46. The summed E-state index contributed by atoms with van der Waals surface area (Å²) in [5.41, 5.74) is -0.171. The summed E-state index contributed by atoms with van der Waals surface area (Å²) in [7, 11) is 0. The van der Waals surface area contributed by atoms with Crippen molar-refractivity contribution in [3.63, 3.8) is 0 Å². The molecule has 0 aromatic heterocycles. The molecule has 1 aliphatic heterocycles. The normalized spacial score (nSPS) is 13.8. The van der Waals surface area contributed by atoms with Gasteiger partial charge in [-0.1, -0.05) is 0 Å². The van der Waals surface area contributed by atoms with Gasteiger partial charge in [-0.15, -0.1) is 0 Å². The molecule has 19 heavy (non-hydrogen) atoms. The van der Waals surface area contributed by atoms with E-state index in [2.05, 4.69) is 0 Å². The molecule has 0 saturated heterocycles. The molecule has 8 nitrogen and oxygen atoms in total. The number of benzene rings is 1. The smallest absolute Gasteiger partial charge is 0.410 e. The number of rotatable bonds is 2. The maximum atomic E-state index is 11.5. The topological polar surface area (TPSA) is 107 Å². The van der Waals surface area contributed by atoms with E-state index in [1.54, 1.807) is 0 Å². The molecule has 0 spiro atoms. The van der Waals surface area contributed by atoms with Crippen LogP contribution in [-0.2, 0) is 9.59 Å². The maximum absolute atomic E-state index is 11.5. The standard InChI is InChI=1S/C11H6N2O6/c14-9-5-6-10(15)12(9)11(16)19-8-3-1-7(2-4-8)13(17)18/h1-6H. The molecule has 96 valence electrons. The number of nitro groups is 1. The first kappa shape index (κ1) is 12.4. The van der Waals surface area contributed by atoms with Crippen molar-refractivity contribution >= 4 is 23.6 Å². The lowest BCUT2D eigenvalue weighted by molar-refractivity contribution is -0.384. The van der Waals surface area contributed by atoms with Crippen LogP contribution in [0.5, 0.6) is 5.75 Å². The number of carbonyl (C=O) groups excluding carboxylic acids is 3. The second kappa shape index (κ2) is 4.69. The molecular weight excluding hydrogens is 256 g/mol. The van der Waals surface area contributed by atoms with Gasteiger partial charge >= 0.3 is 6.09 Å². The lowest BCUT2D eigenvalue weighted by Gasteiger charge is -2.11. The number of nitrogens with zero attached hydrogens (tertiary/aromatic N) is 2. The van der Waals surface area contributed by atoms with Crippen LogP contribution in [0.1, 0.15) is 0 Å². The lowest BCUT2D eigenvalue weighted by atomic mass is 10.3. The molecule has 1 aliphatic rings. The third kappa shape index (κ3) is 2.46. The first-order valence-electron chi connectivity index (χ1n) is 5.01. The minimum Gasteiger partial charge on any atom is -0.410 e. The highest BCUT2D eigenvalue weighted by atomic mass is 16.6. The molecule has 2 rings (SSSR count). The molecule has 0 atom stereocenters. The summed E-state index contributed by atoms with van der Waals surface area (Å²) in [6.45, 7) is 0. The van der Waals surface area contributed by atoms with Crippen LogP contribution in [0.4, 0.5) is 10.5 Å². The Morgan fingerprint density at radius 3 is 2.11 bits per heavy atom. The summed E-state index contributed by atoms with van der Waals surface area (Å²) in [6.07, 6.45) is 0.729. The number of non-ortho nitro benzene ring substituents is 1. The molecule has 0 unspecified atom stereocenters. The highest BCUT2D eigenvalue weighted by Crippen LogP contribution is 2.18. The molecule has 8 heteroatoms. The highest BCUT2D eigenvalue weighted by molar-refractivity contribution is 6.21. The number of hydrogen-bond donors (Lipinski definition) is 0. The predicted octanol–water partition coefficient (Wildman–Crippen LogP) is 1.02. The summed E-state index contributed by atoms with van der Waals surface area (Å²) in [4.78, 5) is 44.1. The quantitative estimate of drug-likeness (QED) is 0.447. The van der Waals surface area contributed by atoms with E-state index in [9.17, 15) is 24.5 Å². The number of hydrogen-bond acceptors (Lipinski definition) is 6. The monoisotopic (exact) mass is 262 g/mol. The van der Waals surface area contributed by atoms with Gasteiger partial charge in [0.1, 0.15) is 5.75 Å². The number of imide groups is 3. The van der Waals surface area contributed by atoms with Gasteiger partial charge in [-0.3, -0.25) is 19.7 Å². The molecule has 0 saturated carbocycles. The zero-order valence-electron chi connectivity index (χ0n) is 9.31. The van der Waals surface area contributed by atoms with E-state index >= 15 is 0 Å². The van der Waals surface area contributed by atoms with E-state index in [-0.39, 0.29) is 11.4 Å².